The molecule has 2 amide bonds. The minimum Gasteiger partial charge on any atom is -0.335 e. The second kappa shape index (κ2) is 10.7. The van der Waals surface area contributed by atoms with Gasteiger partial charge in [0.15, 0.2) is 11.0 Å². The summed E-state index contributed by atoms with van der Waals surface area (Å²) < 4.78 is 1.84. The molecule has 32 heavy (non-hydrogen) atoms. The average molecular weight is 472 g/mol. The fraction of sp³-hybridized carbons (Fsp3) is 0.304. The van der Waals surface area contributed by atoms with E-state index >= 15 is 0 Å². The molecule has 0 spiro atoms. The van der Waals surface area contributed by atoms with Crippen molar-refractivity contribution < 1.29 is 9.59 Å². The molecule has 3 rings (SSSR count). The lowest BCUT2D eigenvalue weighted by atomic mass is 10.1. The highest BCUT2D eigenvalue weighted by Crippen LogP contribution is 2.27. The molecule has 0 aliphatic carbocycles. The van der Waals surface area contributed by atoms with E-state index in [4.69, 9.17) is 11.6 Å². The first kappa shape index (κ1) is 23.8. The van der Waals surface area contributed by atoms with E-state index in [0.717, 1.165) is 23.2 Å². The SMILES string of the molecule is CCc1ccccc1NC(=O)CN(C)C(=O)C(C)Sc1nnc(-c2ccc(Cl)cc2)n1C. The number of anilines is 1. The Morgan fingerprint density at radius 1 is 1.16 bits per heavy atom. The van der Waals surface area contributed by atoms with Gasteiger partial charge < -0.3 is 14.8 Å². The van der Waals surface area contributed by atoms with Crippen molar-refractivity contribution in [3.05, 3.63) is 59.1 Å². The standard InChI is InChI=1S/C23H26ClN5O2S/c1-5-16-8-6-7-9-19(16)25-20(30)14-28(3)22(31)15(2)32-23-27-26-21(29(23)4)17-10-12-18(24)13-11-17/h6-13,15H,5,14H2,1-4H3,(H,25,30). The number of para-hydroxylation sites is 1. The third kappa shape index (κ3) is 5.69. The molecular weight excluding hydrogens is 446 g/mol. The molecule has 0 radical (unpaired) electrons. The van der Waals surface area contributed by atoms with Gasteiger partial charge in [0, 0.05) is 30.4 Å². The summed E-state index contributed by atoms with van der Waals surface area (Å²) in [6.45, 7) is 3.80. The number of nitrogens with one attached hydrogen (secondary N) is 1. The van der Waals surface area contributed by atoms with Gasteiger partial charge in [-0.25, -0.2) is 0 Å². The smallest absolute Gasteiger partial charge is 0.243 e. The van der Waals surface area contributed by atoms with E-state index in [1.54, 1.807) is 26.1 Å². The molecule has 0 saturated carbocycles. The van der Waals surface area contributed by atoms with E-state index in [2.05, 4.69) is 15.5 Å². The molecule has 1 unspecified atom stereocenters. The van der Waals surface area contributed by atoms with Gasteiger partial charge in [0.25, 0.3) is 0 Å². The van der Waals surface area contributed by atoms with Gasteiger partial charge in [-0.05, 0) is 49.2 Å². The van der Waals surface area contributed by atoms with Crippen LogP contribution in [0.4, 0.5) is 5.69 Å². The van der Waals surface area contributed by atoms with Gasteiger partial charge in [0.1, 0.15) is 0 Å². The third-order valence-corrected chi connectivity index (χ3v) is 6.37. The van der Waals surface area contributed by atoms with Gasteiger partial charge in [-0.15, -0.1) is 10.2 Å². The lowest BCUT2D eigenvalue weighted by Crippen LogP contribution is -2.39. The summed E-state index contributed by atoms with van der Waals surface area (Å²) >= 11 is 7.26. The van der Waals surface area contributed by atoms with Crippen LogP contribution in [0.15, 0.2) is 53.7 Å². The number of nitrogens with zero attached hydrogens (tertiary/aromatic N) is 4. The van der Waals surface area contributed by atoms with Gasteiger partial charge in [-0.3, -0.25) is 9.59 Å². The minimum atomic E-state index is -0.434. The first-order chi connectivity index (χ1) is 15.3. The number of hydrogen-bond acceptors (Lipinski definition) is 5. The first-order valence-electron chi connectivity index (χ1n) is 10.2. The predicted molar refractivity (Wildman–Crippen MR) is 129 cm³/mol. The largest absolute Gasteiger partial charge is 0.335 e. The summed E-state index contributed by atoms with van der Waals surface area (Å²) in [5.74, 6) is 0.291. The molecule has 0 aliphatic rings. The zero-order valence-corrected chi connectivity index (χ0v) is 20.1. The van der Waals surface area contributed by atoms with Crippen LogP contribution >= 0.6 is 23.4 Å². The van der Waals surface area contributed by atoms with Crippen molar-refractivity contribution in [3.63, 3.8) is 0 Å². The van der Waals surface area contributed by atoms with Crippen LogP contribution in [0.25, 0.3) is 11.4 Å². The molecular formula is C23H26ClN5O2S. The van der Waals surface area contributed by atoms with E-state index in [9.17, 15) is 9.59 Å². The number of halogens is 1. The lowest BCUT2D eigenvalue weighted by Gasteiger charge is -2.21. The highest BCUT2D eigenvalue weighted by Gasteiger charge is 2.23. The highest BCUT2D eigenvalue weighted by molar-refractivity contribution is 8.00. The monoisotopic (exact) mass is 471 g/mol. The molecule has 0 aliphatic heterocycles. The summed E-state index contributed by atoms with van der Waals surface area (Å²) in [7, 11) is 3.48. The van der Waals surface area contributed by atoms with Crippen molar-refractivity contribution in [2.45, 2.75) is 30.7 Å². The van der Waals surface area contributed by atoms with Crippen LogP contribution in [0.3, 0.4) is 0 Å². The van der Waals surface area contributed by atoms with E-state index in [-0.39, 0.29) is 18.4 Å². The molecule has 0 saturated heterocycles. The van der Waals surface area contributed by atoms with Crippen LogP contribution in [-0.2, 0) is 23.1 Å². The van der Waals surface area contributed by atoms with E-state index in [1.807, 2.05) is 54.9 Å². The van der Waals surface area contributed by atoms with Crippen LogP contribution in [0, 0.1) is 0 Å². The van der Waals surface area contributed by atoms with Crippen molar-refractivity contribution >= 4 is 40.9 Å². The summed E-state index contributed by atoms with van der Waals surface area (Å²) in [6.07, 6.45) is 0.814. The van der Waals surface area contributed by atoms with Crippen LogP contribution in [0.2, 0.25) is 5.02 Å². The average Bonchev–Trinajstić information content (AvgIpc) is 3.14. The maximum absolute atomic E-state index is 12.8. The van der Waals surface area contributed by atoms with E-state index in [1.165, 1.54) is 16.7 Å². The summed E-state index contributed by atoms with van der Waals surface area (Å²) in [5.41, 5.74) is 2.71. The Kier molecular flexibility index (Phi) is 7.93. The summed E-state index contributed by atoms with van der Waals surface area (Å²) in [4.78, 5) is 26.7. The molecule has 3 aromatic rings. The number of thioether (sulfide) groups is 1. The van der Waals surface area contributed by atoms with E-state index in [0.29, 0.717) is 16.0 Å². The third-order valence-electron chi connectivity index (χ3n) is 5.00. The summed E-state index contributed by atoms with van der Waals surface area (Å²) in [5, 5.41) is 12.2. The Bertz CT molecular complexity index is 1100. The molecule has 1 heterocycles. The molecule has 2 aromatic carbocycles. The Morgan fingerprint density at radius 3 is 2.53 bits per heavy atom. The molecule has 9 heteroatoms. The van der Waals surface area contributed by atoms with Crippen LogP contribution in [-0.4, -0.2) is 50.3 Å². The van der Waals surface area contributed by atoms with Gasteiger partial charge >= 0.3 is 0 Å². The quantitative estimate of drug-likeness (QED) is 0.496. The van der Waals surface area contributed by atoms with Crippen molar-refractivity contribution in [1.82, 2.24) is 19.7 Å². The van der Waals surface area contributed by atoms with Gasteiger partial charge in [0.05, 0.1) is 11.8 Å². The number of carbonyl (C=O) groups is 2. The predicted octanol–water partition coefficient (Wildman–Crippen LogP) is 4.28. The Morgan fingerprint density at radius 2 is 1.84 bits per heavy atom. The lowest BCUT2D eigenvalue weighted by molar-refractivity contribution is -0.132. The molecule has 1 N–H and O–H groups in total. The van der Waals surface area contributed by atoms with Crippen LogP contribution in [0.1, 0.15) is 19.4 Å². The van der Waals surface area contributed by atoms with Crippen molar-refractivity contribution in [2.75, 3.05) is 18.9 Å². The zero-order valence-electron chi connectivity index (χ0n) is 18.5. The van der Waals surface area contributed by atoms with Gasteiger partial charge in [-0.2, -0.15) is 0 Å². The second-order valence-corrected chi connectivity index (χ2v) is 9.13. The zero-order chi connectivity index (χ0) is 23.3. The fourth-order valence-electron chi connectivity index (χ4n) is 3.22. The molecule has 0 bridgehead atoms. The molecule has 1 aromatic heterocycles. The van der Waals surface area contributed by atoms with Crippen LogP contribution in [0.5, 0.6) is 0 Å². The number of hydrogen-bond donors (Lipinski definition) is 1. The first-order valence-corrected chi connectivity index (χ1v) is 11.5. The number of aromatic nitrogens is 3. The highest BCUT2D eigenvalue weighted by atomic mass is 35.5. The number of likely N-dealkylation sites (N-methyl/N-ethyl adjacent to an activating group) is 1. The van der Waals surface area contributed by atoms with E-state index < -0.39 is 5.25 Å². The Balaban J connectivity index is 1.60. The molecule has 0 fully saturated rings. The molecule has 1 atom stereocenters. The van der Waals surface area contributed by atoms with Gasteiger partial charge in [0.2, 0.25) is 11.8 Å². The normalized spacial score (nSPS) is 11.8. The Labute approximate surface area is 197 Å². The fourth-order valence-corrected chi connectivity index (χ4v) is 4.28. The number of benzene rings is 2. The van der Waals surface area contributed by atoms with Crippen molar-refractivity contribution in [3.8, 4) is 11.4 Å². The number of rotatable bonds is 8. The molecule has 168 valence electrons. The van der Waals surface area contributed by atoms with Crippen LogP contribution < -0.4 is 5.32 Å². The number of aryl methyl sites for hydroxylation is 1. The van der Waals surface area contributed by atoms with Crippen molar-refractivity contribution in [1.29, 1.82) is 0 Å². The second-order valence-electron chi connectivity index (χ2n) is 7.39. The number of carbonyl (C=O) groups excluding carboxylic acids is 2. The maximum Gasteiger partial charge on any atom is 0.243 e. The van der Waals surface area contributed by atoms with Gasteiger partial charge in [-0.1, -0.05) is 48.5 Å². The number of amides is 2. The maximum atomic E-state index is 12.8. The minimum absolute atomic E-state index is 0.0311. The van der Waals surface area contributed by atoms with Crippen molar-refractivity contribution in [2.24, 2.45) is 7.05 Å². The Hall–Kier alpha value is -2.84. The molecule has 7 nitrogen and oxygen atoms in total. The summed E-state index contributed by atoms with van der Waals surface area (Å²) in [6, 6.07) is 15.0. The topological polar surface area (TPSA) is 80.1 Å².